The first-order valence-corrected chi connectivity index (χ1v) is 8.15. The van der Waals surface area contributed by atoms with Gasteiger partial charge in [-0.2, -0.15) is 13.2 Å². The molecule has 0 unspecified atom stereocenters. The van der Waals surface area contributed by atoms with Crippen LogP contribution < -0.4 is 5.32 Å². The van der Waals surface area contributed by atoms with Crippen molar-refractivity contribution in [1.29, 1.82) is 0 Å². The Hall–Kier alpha value is -1.27. The van der Waals surface area contributed by atoms with Crippen LogP contribution in [0.15, 0.2) is 12.1 Å². The summed E-state index contributed by atoms with van der Waals surface area (Å²) in [4.78, 5) is 14.1. The molecule has 3 rings (SSSR count). The van der Waals surface area contributed by atoms with E-state index in [2.05, 4.69) is 5.32 Å². The Morgan fingerprint density at radius 3 is 2.54 bits per heavy atom. The van der Waals surface area contributed by atoms with Crippen molar-refractivity contribution in [2.45, 2.75) is 44.8 Å². The van der Waals surface area contributed by atoms with E-state index in [0.717, 1.165) is 12.8 Å². The second-order valence-corrected chi connectivity index (χ2v) is 6.26. The number of nitrogens with one attached hydrogen (secondary N) is 1. The summed E-state index contributed by atoms with van der Waals surface area (Å²) in [6.07, 6.45) is -2.94. The Kier molecular flexibility index (Phi) is 5.50. The number of carbonyl (C=O) groups is 1. The van der Waals surface area contributed by atoms with Gasteiger partial charge in [0.2, 0.25) is 0 Å². The van der Waals surface area contributed by atoms with Gasteiger partial charge in [0, 0.05) is 19.6 Å². The number of hydrogen-bond donors (Lipinski definition) is 1. The highest BCUT2D eigenvalue weighted by molar-refractivity contribution is 6.01. The van der Waals surface area contributed by atoms with E-state index in [0.29, 0.717) is 30.8 Å². The summed E-state index contributed by atoms with van der Waals surface area (Å²) in [6, 6.07) is 2.75. The number of amides is 1. The van der Waals surface area contributed by atoms with Crippen LogP contribution in [0.4, 0.5) is 13.2 Å². The van der Waals surface area contributed by atoms with E-state index in [1.807, 2.05) is 19.9 Å². The summed E-state index contributed by atoms with van der Waals surface area (Å²) in [5.41, 5.74) is 0.331. The minimum Gasteiger partial charge on any atom is -0.329 e. The van der Waals surface area contributed by atoms with Gasteiger partial charge in [-0.15, -0.1) is 12.4 Å². The van der Waals surface area contributed by atoms with Crippen LogP contribution in [0.2, 0.25) is 0 Å². The van der Waals surface area contributed by atoms with Crippen molar-refractivity contribution in [3.8, 4) is 0 Å². The van der Waals surface area contributed by atoms with E-state index < -0.39 is 17.6 Å². The Labute approximate surface area is 146 Å². The fourth-order valence-electron chi connectivity index (χ4n) is 3.78. The van der Waals surface area contributed by atoms with Crippen molar-refractivity contribution in [1.82, 2.24) is 10.2 Å². The van der Waals surface area contributed by atoms with Crippen LogP contribution in [0.3, 0.4) is 0 Å². The number of fused-ring (bicyclic) bond motifs is 3. The summed E-state index contributed by atoms with van der Waals surface area (Å²) >= 11 is 0. The summed E-state index contributed by atoms with van der Waals surface area (Å²) in [5.74, 6) is -0.392. The van der Waals surface area contributed by atoms with Gasteiger partial charge in [-0.05, 0) is 36.0 Å². The molecule has 0 spiro atoms. The van der Waals surface area contributed by atoms with E-state index in [1.165, 1.54) is 6.07 Å². The third kappa shape index (κ3) is 3.02. The number of halogens is 4. The summed E-state index contributed by atoms with van der Waals surface area (Å²) in [5, 5.41) is 3.18. The first-order valence-electron chi connectivity index (χ1n) is 8.15. The van der Waals surface area contributed by atoms with Crippen LogP contribution in [0.1, 0.15) is 65.7 Å². The maximum absolute atomic E-state index is 13.6. The molecule has 0 saturated carbocycles. The summed E-state index contributed by atoms with van der Waals surface area (Å²) in [7, 11) is 0. The first kappa shape index (κ1) is 19.1. The Balaban J connectivity index is 0.00000208. The van der Waals surface area contributed by atoms with Gasteiger partial charge in [0.25, 0.3) is 5.91 Å². The second kappa shape index (κ2) is 6.92. The van der Waals surface area contributed by atoms with Crippen LogP contribution >= 0.6 is 12.4 Å². The van der Waals surface area contributed by atoms with Gasteiger partial charge < -0.3 is 10.2 Å². The molecule has 24 heavy (non-hydrogen) atoms. The molecule has 134 valence electrons. The zero-order valence-corrected chi connectivity index (χ0v) is 14.6. The molecular formula is C17H22ClF3N2O. The van der Waals surface area contributed by atoms with E-state index in [1.54, 1.807) is 4.90 Å². The average molecular weight is 363 g/mol. The smallest absolute Gasteiger partial charge is 0.329 e. The number of carbonyl (C=O) groups excluding carboxylic acids is 1. The molecule has 0 bridgehead atoms. The summed E-state index contributed by atoms with van der Waals surface area (Å²) < 4.78 is 40.7. The molecule has 3 nitrogen and oxygen atoms in total. The van der Waals surface area contributed by atoms with Crippen molar-refractivity contribution in [2.24, 2.45) is 0 Å². The third-order valence-electron chi connectivity index (χ3n) is 5.03. The predicted octanol–water partition coefficient (Wildman–Crippen LogP) is 4.13. The highest BCUT2D eigenvalue weighted by Gasteiger charge is 2.45. The predicted molar refractivity (Wildman–Crippen MR) is 88.7 cm³/mol. The largest absolute Gasteiger partial charge is 0.417 e. The zero-order chi connectivity index (χ0) is 16.8. The SMILES string of the molecule is CCC(CC)c1cc2c(c(C(F)(F)F)c1)C(=O)N1CCNC[C@@H]21.Cl. The molecule has 1 N–H and O–H groups in total. The van der Waals surface area contributed by atoms with E-state index in [9.17, 15) is 18.0 Å². The van der Waals surface area contributed by atoms with Crippen LogP contribution in [0.5, 0.6) is 0 Å². The number of nitrogens with zero attached hydrogens (tertiary/aromatic N) is 1. The highest BCUT2D eigenvalue weighted by atomic mass is 35.5. The molecule has 1 saturated heterocycles. The van der Waals surface area contributed by atoms with Gasteiger partial charge in [-0.25, -0.2) is 0 Å². The Bertz CT molecular complexity index is 629. The van der Waals surface area contributed by atoms with Crippen molar-refractivity contribution >= 4 is 18.3 Å². The van der Waals surface area contributed by atoms with E-state index in [4.69, 9.17) is 0 Å². The average Bonchev–Trinajstić information content (AvgIpc) is 2.81. The molecule has 2 aliphatic heterocycles. The van der Waals surface area contributed by atoms with Crippen molar-refractivity contribution in [3.63, 3.8) is 0 Å². The lowest BCUT2D eigenvalue weighted by molar-refractivity contribution is -0.138. The molecule has 0 aliphatic carbocycles. The lowest BCUT2D eigenvalue weighted by atomic mass is 9.87. The third-order valence-corrected chi connectivity index (χ3v) is 5.03. The van der Waals surface area contributed by atoms with Crippen molar-refractivity contribution < 1.29 is 18.0 Å². The topological polar surface area (TPSA) is 32.3 Å². The van der Waals surface area contributed by atoms with Crippen LogP contribution in [-0.2, 0) is 6.18 Å². The molecule has 0 radical (unpaired) electrons. The molecular weight excluding hydrogens is 341 g/mol. The number of alkyl halides is 3. The van der Waals surface area contributed by atoms with Crippen molar-refractivity contribution in [2.75, 3.05) is 19.6 Å². The monoisotopic (exact) mass is 362 g/mol. The van der Waals surface area contributed by atoms with Crippen LogP contribution in [0.25, 0.3) is 0 Å². The fraction of sp³-hybridized carbons (Fsp3) is 0.588. The van der Waals surface area contributed by atoms with Gasteiger partial charge in [0.1, 0.15) is 0 Å². The molecule has 1 fully saturated rings. The number of piperazine rings is 1. The fourth-order valence-corrected chi connectivity index (χ4v) is 3.78. The normalized spacial score (nSPS) is 20.0. The summed E-state index contributed by atoms with van der Waals surface area (Å²) in [6.45, 7) is 5.55. The number of benzene rings is 1. The number of hydrogen-bond acceptors (Lipinski definition) is 2. The van der Waals surface area contributed by atoms with Gasteiger partial charge in [0.05, 0.1) is 17.2 Å². The molecule has 1 atom stereocenters. The lowest BCUT2D eigenvalue weighted by Gasteiger charge is -2.30. The Morgan fingerprint density at radius 2 is 1.96 bits per heavy atom. The molecule has 0 aromatic heterocycles. The van der Waals surface area contributed by atoms with Gasteiger partial charge >= 0.3 is 6.18 Å². The molecule has 1 aromatic rings. The maximum Gasteiger partial charge on any atom is 0.417 e. The number of rotatable bonds is 3. The molecule has 7 heteroatoms. The Morgan fingerprint density at radius 1 is 1.29 bits per heavy atom. The highest BCUT2D eigenvalue weighted by Crippen LogP contribution is 2.44. The van der Waals surface area contributed by atoms with Gasteiger partial charge in [-0.3, -0.25) is 4.79 Å². The maximum atomic E-state index is 13.6. The molecule has 2 aliphatic rings. The van der Waals surface area contributed by atoms with Crippen molar-refractivity contribution in [3.05, 3.63) is 34.4 Å². The van der Waals surface area contributed by atoms with Gasteiger partial charge in [-0.1, -0.05) is 19.9 Å². The second-order valence-electron chi connectivity index (χ2n) is 6.26. The molecule has 1 amide bonds. The van der Waals surface area contributed by atoms with Crippen LogP contribution in [-0.4, -0.2) is 30.4 Å². The van der Waals surface area contributed by atoms with E-state index >= 15 is 0 Å². The van der Waals surface area contributed by atoms with Crippen LogP contribution in [0, 0.1) is 0 Å². The standard InChI is InChI=1S/C17H21F3N2O.ClH/c1-3-10(4-2)11-7-12-14-9-21-5-6-22(14)16(23)15(12)13(8-11)17(18,19)20;/h7-8,10,14,21H,3-6,9H2,1-2H3;1H/t14-;/m0./s1. The lowest BCUT2D eigenvalue weighted by Crippen LogP contribution is -2.44. The van der Waals surface area contributed by atoms with Gasteiger partial charge in [0.15, 0.2) is 0 Å². The minimum absolute atomic E-state index is 0. The molecule has 1 aromatic carbocycles. The molecule has 2 heterocycles. The quantitative estimate of drug-likeness (QED) is 0.876. The first-order chi connectivity index (χ1) is 10.9. The van der Waals surface area contributed by atoms with E-state index in [-0.39, 0.29) is 29.9 Å². The zero-order valence-electron chi connectivity index (χ0n) is 13.7. The minimum atomic E-state index is -4.51.